The zero-order valence-electron chi connectivity index (χ0n) is 16.8. The number of nitrogens with zero attached hydrogens (tertiary/aromatic N) is 3. The van der Waals surface area contributed by atoms with Gasteiger partial charge in [0.1, 0.15) is 11.4 Å². The number of fused-ring (bicyclic) bond motifs is 2. The molecular formula is C23H11F6N5. The fourth-order valence-electron chi connectivity index (χ4n) is 3.49. The summed E-state index contributed by atoms with van der Waals surface area (Å²) in [6, 6.07) is 16.4. The van der Waals surface area contributed by atoms with Gasteiger partial charge in [-0.05, 0) is 42.5 Å². The predicted octanol–water partition coefficient (Wildman–Crippen LogP) is 6.55. The van der Waals surface area contributed by atoms with E-state index in [1.165, 1.54) is 18.2 Å². The van der Waals surface area contributed by atoms with Crippen LogP contribution in [0, 0.1) is 12.1 Å². The van der Waals surface area contributed by atoms with Crippen molar-refractivity contribution in [2.24, 2.45) is 0 Å². The van der Waals surface area contributed by atoms with E-state index in [1.54, 1.807) is 24.3 Å². The molecular weight excluding hydrogens is 460 g/mol. The molecule has 0 spiro atoms. The number of hydrogen-bond donors (Lipinski definition) is 2. The first-order chi connectivity index (χ1) is 16.1. The third-order valence-electron chi connectivity index (χ3n) is 5.05. The van der Waals surface area contributed by atoms with Crippen molar-refractivity contribution in [3.63, 3.8) is 0 Å². The van der Waals surface area contributed by atoms with E-state index in [0.29, 0.717) is 16.4 Å². The molecule has 170 valence electrons. The van der Waals surface area contributed by atoms with E-state index >= 15 is 0 Å². The molecule has 0 saturated carbocycles. The molecule has 0 amide bonds. The summed E-state index contributed by atoms with van der Waals surface area (Å²) in [6.07, 6.45) is -9.28. The second kappa shape index (κ2) is 7.62. The second-order valence-corrected chi connectivity index (χ2v) is 7.26. The average molecular weight is 471 g/mol. The van der Waals surface area contributed by atoms with E-state index in [4.69, 9.17) is 0 Å². The summed E-state index contributed by atoms with van der Waals surface area (Å²) in [5, 5.41) is 10.1. The number of anilines is 2. The third-order valence-corrected chi connectivity index (χ3v) is 5.05. The van der Waals surface area contributed by atoms with Gasteiger partial charge in [-0.15, -0.1) is 0 Å². The number of nitrogens with one attached hydrogen (secondary N) is 2. The minimum absolute atomic E-state index is 0.0277. The number of para-hydroxylation sites is 1. The van der Waals surface area contributed by atoms with Gasteiger partial charge in [0.05, 0.1) is 16.6 Å². The first kappa shape index (κ1) is 21.5. The topological polar surface area (TPSA) is 66.5 Å². The lowest BCUT2D eigenvalue weighted by atomic mass is 10.1. The van der Waals surface area contributed by atoms with E-state index in [9.17, 15) is 26.3 Å². The second-order valence-electron chi connectivity index (χ2n) is 7.26. The Morgan fingerprint density at radius 2 is 1.62 bits per heavy atom. The molecule has 3 aromatic carbocycles. The van der Waals surface area contributed by atoms with Crippen LogP contribution in [0.25, 0.3) is 33.2 Å². The molecule has 2 N–H and O–H groups in total. The van der Waals surface area contributed by atoms with Gasteiger partial charge in [0.25, 0.3) is 0 Å². The van der Waals surface area contributed by atoms with Crippen LogP contribution in [-0.2, 0) is 12.4 Å². The lowest BCUT2D eigenvalue weighted by Crippen LogP contribution is -2.08. The molecule has 0 saturated heterocycles. The van der Waals surface area contributed by atoms with E-state index in [0.717, 1.165) is 12.1 Å². The number of aromatic amines is 1. The van der Waals surface area contributed by atoms with Gasteiger partial charge in [-0.1, -0.05) is 24.3 Å². The zero-order chi connectivity index (χ0) is 24.1. The molecule has 5 aromatic rings. The van der Waals surface area contributed by atoms with Crippen molar-refractivity contribution in [1.82, 2.24) is 20.2 Å². The third kappa shape index (κ3) is 3.83. The van der Waals surface area contributed by atoms with E-state index < -0.39 is 23.5 Å². The van der Waals surface area contributed by atoms with Crippen LogP contribution < -0.4 is 5.32 Å². The van der Waals surface area contributed by atoms with Crippen molar-refractivity contribution in [2.45, 2.75) is 12.4 Å². The van der Waals surface area contributed by atoms with Gasteiger partial charge in [-0.25, -0.2) is 9.97 Å². The Hall–Kier alpha value is -4.33. The quantitative estimate of drug-likeness (QED) is 0.293. The Labute approximate surface area is 187 Å². The van der Waals surface area contributed by atoms with Crippen molar-refractivity contribution in [1.29, 1.82) is 0 Å². The molecule has 0 aliphatic carbocycles. The van der Waals surface area contributed by atoms with Gasteiger partial charge >= 0.3 is 12.4 Å². The summed E-state index contributed by atoms with van der Waals surface area (Å²) in [5.41, 5.74) is -1.61. The number of H-pyrrole nitrogens is 1. The van der Waals surface area contributed by atoms with E-state index in [2.05, 4.69) is 37.6 Å². The average Bonchev–Trinajstić information content (AvgIpc) is 3.20. The summed E-state index contributed by atoms with van der Waals surface area (Å²) in [7, 11) is 0. The summed E-state index contributed by atoms with van der Waals surface area (Å²) >= 11 is 0. The smallest absolute Gasteiger partial charge is 0.322 e. The molecule has 0 fully saturated rings. The molecule has 2 aromatic heterocycles. The largest absolute Gasteiger partial charge is 0.424 e. The molecule has 0 aliphatic rings. The SMILES string of the molecule is FC(F)(F)c1ccc2[nH]nc(Nc3nc(-c4ccc#cc4C(F)(F)F)nc4ccccc34)c2c1. The van der Waals surface area contributed by atoms with Crippen LogP contribution in [0.15, 0.2) is 54.6 Å². The standard InChI is InChI=1S/C23H11F6N5/c24-22(25,26)12-9-10-18-15(11-12)21(34-33-18)32-20-14-6-2-4-8-17(14)30-19(31-20)13-5-1-3-7-16(13)23(27,28)29/h1-2,4-6,8-11H,(H2,30,31,32,33,34). The Morgan fingerprint density at radius 1 is 0.824 bits per heavy atom. The monoisotopic (exact) mass is 471 g/mol. The molecule has 11 heteroatoms. The summed E-state index contributed by atoms with van der Waals surface area (Å²) < 4.78 is 80.2. The summed E-state index contributed by atoms with van der Waals surface area (Å²) in [5.74, 6) is -0.137. The van der Waals surface area contributed by atoms with Gasteiger partial charge in [-0.3, -0.25) is 5.10 Å². The molecule has 34 heavy (non-hydrogen) atoms. The normalized spacial score (nSPS) is 12.2. The van der Waals surface area contributed by atoms with Crippen molar-refractivity contribution < 1.29 is 26.3 Å². The molecule has 0 bridgehead atoms. The Kier molecular flexibility index (Phi) is 4.82. The number of halogens is 6. The fraction of sp³-hybridized carbons (Fsp3) is 0.0870. The molecule has 0 radical (unpaired) electrons. The van der Waals surface area contributed by atoms with Crippen LogP contribution in [0.3, 0.4) is 0 Å². The molecule has 5 rings (SSSR count). The minimum Gasteiger partial charge on any atom is -0.322 e. The number of alkyl halides is 6. The zero-order valence-corrected chi connectivity index (χ0v) is 16.8. The minimum atomic E-state index is -4.72. The number of rotatable bonds is 3. The van der Waals surface area contributed by atoms with Crippen LogP contribution in [0.1, 0.15) is 11.1 Å². The van der Waals surface area contributed by atoms with E-state index in [1.807, 2.05) is 0 Å². The Morgan fingerprint density at radius 3 is 2.38 bits per heavy atom. The lowest BCUT2D eigenvalue weighted by molar-refractivity contribution is -0.138. The highest BCUT2D eigenvalue weighted by molar-refractivity contribution is 5.97. The predicted molar refractivity (Wildman–Crippen MR) is 112 cm³/mol. The van der Waals surface area contributed by atoms with Crippen molar-refractivity contribution >= 4 is 33.4 Å². The summed E-state index contributed by atoms with van der Waals surface area (Å²) in [4.78, 5) is 8.52. The van der Waals surface area contributed by atoms with Crippen LogP contribution in [0.4, 0.5) is 38.0 Å². The number of benzene rings is 2. The van der Waals surface area contributed by atoms with Gasteiger partial charge in [0, 0.05) is 16.3 Å². The van der Waals surface area contributed by atoms with Crippen LogP contribution in [-0.4, -0.2) is 20.2 Å². The molecule has 0 atom stereocenters. The van der Waals surface area contributed by atoms with Gasteiger partial charge in [0.15, 0.2) is 11.6 Å². The van der Waals surface area contributed by atoms with Crippen molar-refractivity contribution in [2.75, 3.05) is 5.32 Å². The van der Waals surface area contributed by atoms with Crippen molar-refractivity contribution in [3.05, 3.63) is 77.9 Å². The molecule has 0 aliphatic heterocycles. The van der Waals surface area contributed by atoms with Gasteiger partial charge < -0.3 is 5.32 Å². The Balaban J connectivity index is 1.67. The maximum Gasteiger partial charge on any atom is 0.424 e. The first-order valence-electron chi connectivity index (χ1n) is 9.70. The highest BCUT2D eigenvalue weighted by Crippen LogP contribution is 2.37. The van der Waals surface area contributed by atoms with Crippen LogP contribution >= 0.6 is 0 Å². The first-order valence-corrected chi connectivity index (χ1v) is 9.70. The maximum absolute atomic E-state index is 13.5. The van der Waals surface area contributed by atoms with Gasteiger partial charge in [0.2, 0.25) is 0 Å². The lowest BCUT2D eigenvalue weighted by Gasteiger charge is -2.13. The van der Waals surface area contributed by atoms with Gasteiger partial charge in [-0.2, -0.15) is 31.4 Å². The van der Waals surface area contributed by atoms with E-state index in [-0.39, 0.29) is 28.4 Å². The molecule has 0 unspecified atom stereocenters. The Bertz CT molecular complexity index is 1520. The number of aromatic nitrogens is 4. The fourth-order valence-corrected chi connectivity index (χ4v) is 3.49. The van der Waals surface area contributed by atoms with Crippen LogP contribution in [0.2, 0.25) is 0 Å². The van der Waals surface area contributed by atoms with Crippen LogP contribution in [0.5, 0.6) is 0 Å². The molecule has 5 nitrogen and oxygen atoms in total. The maximum atomic E-state index is 13.5. The highest BCUT2D eigenvalue weighted by Gasteiger charge is 2.35. The highest BCUT2D eigenvalue weighted by atomic mass is 19.4. The summed E-state index contributed by atoms with van der Waals surface area (Å²) in [6.45, 7) is 0. The van der Waals surface area contributed by atoms with Crippen molar-refractivity contribution in [3.8, 4) is 11.4 Å². The number of hydrogen-bond acceptors (Lipinski definition) is 4. The molecule has 2 heterocycles.